The highest BCUT2D eigenvalue weighted by Gasteiger charge is 2.27. The van der Waals surface area contributed by atoms with E-state index in [2.05, 4.69) is 20.3 Å². The minimum Gasteiger partial charge on any atom is -0.466 e. The number of nitrogens with one attached hydrogen (secondary N) is 1. The van der Waals surface area contributed by atoms with Crippen LogP contribution in [0.1, 0.15) is 25.5 Å². The van der Waals surface area contributed by atoms with Gasteiger partial charge < -0.3 is 15.0 Å². The van der Waals surface area contributed by atoms with Crippen LogP contribution in [0, 0.1) is 11.7 Å². The van der Waals surface area contributed by atoms with Crippen LogP contribution in [-0.2, 0) is 16.0 Å². The molecule has 0 spiro atoms. The van der Waals surface area contributed by atoms with Gasteiger partial charge in [-0.25, -0.2) is 9.07 Å². The van der Waals surface area contributed by atoms with E-state index in [1.807, 2.05) is 19.2 Å². The Morgan fingerprint density at radius 1 is 1.27 bits per heavy atom. The van der Waals surface area contributed by atoms with Gasteiger partial charge in [-0.3, -0.25) is 9.79 Å². The smallest absolute Gasteiger partial charge is 0.309 e. The molecule has 0 amide bonds. The largest absolute Gasteiger partial charge is 0.466 e. The van der Waals surface area contributed by atoms with E-state index in [9.17, 15) is 9.18 Å². The minimum absolute atomic E-state index is 0. The molecule has 1 N–H and O–H groups in total. The topological polar surface area (TPSA) is 71.8 Å². The number of nitrogens with zero attached hydrogens (tertiary/aromatic N) is 4. The molecule has 3 rings (SSSR count). The van der Waals surface area contributed by atoms with Crippen molar-refractivity contribution in [2.45, 2.75) is 26.2 Å². The van der Waals surface area contributed by atoms with Crippen LogP contribution in [0.2, 0.25) is 0 Å². The Morgan fingerprint density at radius 2 is 1.97 bits per heavy atom. The summed E-state index contributed by atoms with van der Waals surface area (Å²) in [5, 5.41) is 7.92. The summed E-state index contributed by atoms with van der Waals surface area (Å²) in [4.78, 5) is 18.4. The highest BCUT2D eigenvalue weighted by Crippen LogP contribution is 2.18. The number of hydrogen-bond donors (Lipinski definition) is 1. The SMILES string of the molecule is CCOC(=O)C1CCN(C(=NC)NCCc2ccn(-c3ccc(F)cc3)n2)CC1.I. The van der Waals surface area contributed by atoms with Crippen LogP contribution in [0.5, 0.6) is 0 Å². The summed E-state index contributed by atoms with van der Waals surface area (Å²) in [5.41, 5.74) is 1.77. The van der Waals surface area contributed by atoms with Crippen molar-refractivity contribution in [2.24, 2.45) is 10.9 Å². The van der Waals surface area contributed by atoms with Gasteiger partial charge >= 0.3 is 5.97 Å². The average Bonchev–Trinajstić information content (AvgIpc) is 3.21. The van der Waals surface area contributed by atoms with Crippen molar-refractivity contribution in [2.75, 3.05) is 33.3 Å². The maximum Gasteiger partial charge on any atom is 0.309 e. The quantitative estimate of drug-likeness (QED) is 0.270. The zero-order valence-corrected chi connectivity index (χ0v) is 19.7. The van der Waals surface area contributed by atoms with Crippen LogP contribution in [0.25, 0.3) is 5.69 Å². The Hall–Kier alpha value is -2.17. The molecular weight excluding hydrogens is 500 g/mol. The van der Waals surface area contributed by atoms with Gasteiger partial charge in [0, 0.05) is 39.3 Å². The number of piperidine rings is 1. The molecule has 164 valence electrons. The van der Waals surface area contributed by atoms with E-state index in [0.717, 1.165) is 49.7 Å². The number of carbonyl (C=O) groups is 1. The number of rotatable bonds is 6. The summed E-state index contributed by atoms with van der Waals surface area (Å²) >= 11 is 0. The lowest BCUT2D eigenvalue weighted by atomic mass is 9.97. The molecule has 7 nitrogen and oxygen atoms in total. The van der Waals surface area contributed by atoms with Gasteiger partial charge in [0.1, 0.15) is 5.82 Å². The molecule has 0 aliphatic carbocycles. The molecule has 1 aliphatic heterocycles. The van der Waals surface area contributed by atoms with Crippen molar-refractivity contribution in [3.63, 3.8) is 0 Å². The van der Waals surface area contributed by atoms with Crippen molar-refractivity contribution in [3.05, 3.63) is 48.0 Å². The van der Waals surface area contributed by atoms with Crippen LogP contribution in [0.4, 0.5) is 4.39 Å². The Bertz CT molecular complexity index is 832. The lowest BCUT2D eigenvalue weighted by Crippen LogP contribution is -2.47. The zero-order chi connectivity index (χ0) is 20.6. The maximum absolute atomic E-state index is 13.1. The fraction of sp³-hybridized carbons (Fsp3) is 0.476. The van der Waals surface area contributed by atoms with Crippen LogP contribution in [-0.4, -0.2) is 59.9 Å². The van der Waals surface area contributed by atoms with Gasteiger partial charge in [-0.2, -0.15) is 5.10 Å². The van der Waals surface area contributed by atoms with Crippen LogP contribution < -0.4 is 5.32 Å². The first-order valence-electron chi connectivity index (χ1n) is 10.0. The Labute approximate surface area is 193 Å². The highest BCUT2D eigenvalue weighted by molar-refractivity contribution is 14.0. The third kappa shape index (κ3) is 6.41. The van der Waals surface area contributed by atoms with Crippen LogP contribution in [0.15, 0.2) is 41.5 Å². The summed E-state index contributed by atoms with van der Waals surface area (Å²) in [7, 11) is 1.77. The first-order valence-corrected chi connectivity index (χ1v) is 10.0. The standard InChI is InChI=1S/C21H28FN5O2.HI/c1-3-29-20(28)16-9-13-26(14-10-16)21(23-2)24-12-8-18-11-15-27(25-18)19-6-4-17(22)5-7-19;/h4-7,11,15-16H,3,8-10,12-14H2,1-2H3,(H,23,24);1H. The molecule has 0 atom stereocenters. The first-order chi connectivity index (χ1) is 14.1. The summed E-state index contributed by atoms with van der Waals surface area (Å²) < 4.78 is 19.9. The van der Waals surface area contributed by atoms with Crippen molar-refractivity contribution in [1.29, 1.82) is 0 Å². The molecule has 1 fully saturated rings. The second-order valence-corrected chi connectivity index (χ2v) is 6.97. The third-order valence-electron chi connectivity index (χ3n) is 5.03. The highest BCUT2D eigenvalue weighted by atomic mass is 127. The second-order valence-electron chi connectivity index (χ2n) is 6.97. The predicted molar refractivity (Wildman–Crippen MR) is 125 cm³/mol. The van der Waals surface area contributed by atoms with E-state index in [4.69, 9.17) is 4.74 Å². The minimum atomic E-state index is -0.261. The number of benzene rings is 1. The Balaban J connectivity index is 0.00000320. The lowest BCUT2D eigenvalue weighted by Gasteiger charge is -2.33. The number of esters is 1. The normalized spacial score (nSPS) is 14.9. The number of likely N-dealkylation sites (tertiary alicyclic amines) is 1. The monoisotopic (exact) mass is 529 g/mol. The van der Waals surface area contributed by atoms with Gasteiger partial charge in [0.05, 0.1) is 23.9 Å². The maximum atomic E-state index is 13.1. The molecule has 0 radical (unpaired) electrons. The van der Waals surface area contributed by atoms with Gasteiger partial charge in [0.25, 0.3) is 0 Å². The summed E-state index contributed by atoms with van der Waals surface area (Å²) in [5.74, 6) is 0.472. The van der Waals surface area contributed by atoms with Crippen molar-refractivity contribution in [3.8, 4) is 5.69 Å². The van der Waals surface area contributed by atoms with E-state index in [0.29, 0.717) is 13.2 Å². The number of hydrogen-bond acceptors (Lipinski definition) is 4. The predicted octanol–water partition coefficient (Wildman–Crippen LogP) is 3.02. The van der Waals surface area contributed by atoms with Gasteiger partial charge in [0.15, 0.2) is 5.96 Å². The second kappa shape index (κ2) is 11.9. The van der Waals surface area contributed by atoms with E-state index in [-0.39, 0.29) is 41.7 Å². The van der Waals surface area contributed by atoms with Gasteiger partial charge in [0.2, 0.25) is 0 Å². The Morgan fingerprint density at radius 3 is 2.60 bits per heavy atom. The fourth-order valence-electron chi connectivity index (χ4n) is 3.45. The van der Waals surface area contributed by atoms with Crippen molar-refractivity contribution in [1.82, 2.24) is 20.0 Å². The van der Waals surface area contributed by atoms with Crippen molar-refractivity contribution >= 4 is 35.9 Å². The molecule has 1 aliphatic rings. The summed E-state index contributed by atoms with van der Waals surface area (Å²) in [6, 6.07) is 8.21. The number of aromatic nitrogens is 2. The van der Waals surface area contributed by atoms with E-state index in [1.54, 1.807) is 23.9 Å². The molecule has 0 unspecified atom stereocenters. The third-order valence-corrected chi connectivity index (χ3v) is 5.03. The molecule has 30 heavy (non-hydrogen) atoms. The van der Waals surface area contributed by atoms with E-state index < -0.39 is 0 Å². The van der Waals surface area contributed by atoms with Gasteiger partial charge in [-0.1, -0.05) is 0 Å². The van der Waals surface area contributed by atoms with Crippen LogP contribution in [0.3, 0.4) is 0 Å². The number of ether oxygens (including phenoxy) is 1. The molecule has 1 aromatic carbocycles. The fourth-order valence-corrected chi connectivity index (χ4v) is 3.45. The van der Waals surface area contributed by atoms with Crippen LogP contribution >= 0.6 is 24.0 Å². The van der Waals surface area contributed by atoms with E-state index in [1.165, 1.54) is 12.1 Å². The number of guanidine groups is 1. The molecule has 9 heteroatoms. The van der Waals surface area contributed by atoms with Crippen molar-refractivity contribution < 1.29 is 13.9 Å². The summed E-state index contributed by atoms with van der Waals surface area (Å²) in [6.45, 7) is 4.52. The number of carbonyl (C=O) groups excluding carboxylic acids is 1. The zero-order valence-electron chi connectivity index (χ0n) is 17.4. The molecule has 0 saturated carbocycles. The first kappa shape index (κ1) is 24.1. The molecule has 1 aromatic heterocycles. The van der Waals surface area contributed by atoms with Gasteiger partial charge in [-0.15, -0.1) is 24.0 Å². The number of halogens is 2. The average molecular weight is 529 g/mol. The number of aliphatic imine (C=N–C) groups is 1. The molecule has 1 saturated heterocycles. The Kier molecular flexibility index (Phi) is 9.54. The van der Waals surface area contributed by atoms with E-state index >= 15 is 0 Å². The lowest BCUT2D eigenvalue weighted by molar-refractivity contribution is -0.149. The molecule has 2 heterocycles. The van der Waals surface area contributed by atoms with Gasteiger partial charge in [-0.05, 0) is 50.1 Å². The summed E-state index contributed by atoms with van der Waals surface area (Å²) in [6.07, 6.45) is 4.17. The molecule has 0 bridgehead atoms. The molecule has 2 aromatic rings. The molecular formula is C21H29FIN5O2.